The van der Waals surface area contributed by atoms with Crippen LogP contribution in [0, 0.1) is 17.8 Å². The Morgan fingerprint density at radius 3 is 1.49 bits per heavy atom. The van der Waals surface area contributed by atoms with Gasteiger partial charge in [-0.3, -0.25) is 9.35 Å². The van der Waals surface area contributed by atoms with Crippen LogP contribution < -0.4 is 5.73 Å². The molecule has 0 aromatic heterocycles. The Morgan fingerprint density at radius 1 is 0.512 bits per heavy atom. The van der Waals surface area contributed by atoms with Crippen LogP contribution in [-0.4, -0.2) is 166 Å². The lowest BCUT2D eigenvalue weighted by atomic mass is 9.88. The van der Waals surface area contributed by atoms with Gasteiger partial charge in [0.2, 0.25) is 0 Å². The summed E-state index contributed by atoms with van der Waals surface area (Å²) in [7, 11) is -4.95. The molecule has 464 valence electrons. The summed E-state index contributed by atoms with van der Waals surface area (Å²) in [5.41, 5.74) is 5.68. The second-order valence-electron chi connectivity index (χ2n) is 20.5. The number of unbranched alkanes of at least 4 members (excludes halogenated alkanes) is 1. The molecule has 0 bridgehead atoms. The van der Waals surface area contributed by atoms with Crippen LogP contribution in [-0.2, 0) is 24.2 Å². The normalized spacial score (nSPS) is 19.3. The van der Waals surface area contributed by atoms with E-state index in [0.29, 0.717) is 19.4 Å². The quantitative estimate of drug-likeness (QED) is 0.0113. The predicted octanol–water partition coefficient (Wildman–Crippen LogP) is 5.75. The van der Waals surface area contributed by atoms with E-state index in [9.17, 15) is 78.7 Å². The number of carboxylic acids is 1. The van der Waals surface area contributed by atoms with Gasteiger partial charge in [0.25, 0.3) is 0 Å². The summed E-state index contributed by atoms with van der Waals surface area (Å²) in [4.78, 5) is 23.8. The molecule has 20 heteroatoms. The molecule has 0 fully saturated rings. The SMILES string of the molecule is C\C(=C/C=C/C=C/CC/C=C/C(C)C(O)C(C)C(O)/C=C/C=C/C=C/C=C/C=C/C=C/CC(OS(=O)(=O)O)C(C)C(=O)CC(O)CC(O)/C=C/CC(O)CC(O)/C=C/CC(O)CC(O)CC(O)/C=C/CC(O)CC(O)CCCN)C(=O)O. The fourth-order valence-corrected chi connectivity index (χ4v) is 8.45. The van der Waals surface area contributed by atoms with E-state index in [1.54, 1.807) is 92.0 Å². The maximum absolute atomic E-state index is 13.0. The lowest BCUT2D eigenvalue weighted by Gasteiger charge is -2.25. The molecule has 0 heterocycles. The zero-order chi connectivity index (χ0) is 61.9. The van der Waals surface area contributed by atoms with E-state index >= 15 is 0 Å². The molecule has 19 nitrogen and oxygen atoms in total. The van der Waals surface area contributed by atoms with Crippen molar-refractivity contribution in [2.75, 3.05) is 6.54 Å². The Morgan fingerprint density at radius 2 is 0.963 bits per heavy atom. The molecule has 0 saturated heterocycles. The van der Waals surface area contributed by atoms with Crippen LogP contribution >= 0.6 is 0 Å². The lowest BCUT2D eigenvalue weighted by molar-refractivity contribution is -0.132. The Balaban J connectivity index is 4.81. The highest BCUT2D eigenvalue weighted by Gasteiger charge is 2.30. The monoisotopic (exact) mass is 1180 g/mol. The summed E-state index contributed by atoms with van der Waals surface area (Å²) in [5.74, 6) is -3.24. The van der Waals surface area contributed by atoms with Crippen LogP contribution in [0.5, 0.6) is 0 Å². The van der Waals surface area contributed by atoms with Gasteiger partial charge < -0.3 is 67.0 Å². The second-order valence-corrected chi connectivity index (χ2v) is 21.6. The van der Waals surface area contributed by atoms with Gasteiger partial charge in [-0.05, 0) is 77.7 Å². The van der Waals surface area contributed by atoms with Crippen LogP contribution in [0.15, 0.2) is 157 Å². The smallest absolute Gasteiger partial charge is 0.397 e. The summed E-state index contributed by atoms with van der Waals surface area (Å²) < 4.78 is 37.4. The van der Waals surface area contributed by atoms with Crippen molar-refractivity contribution in [2.24, 2.45) is 23.5 Å². The van der Waals surface area contributed by atoms with E-state index in [4.69, 9.17) is 15.0 Å². The highest BCUT2D eigenvalue weighted by Crippen LogP contribution is 2.21. The van der Waals surface area contributed by atoms with E-state index in [1.165, 1.54) is 56.4 Å². The zero-order valence-electron chi connectivity index (χ0n) is 48.0. The third kappa shape index (κ3) is 42.9. The number of allylic oxidation sites excluding steroid dienone is 16. The number of nitrogens with two attached hydrogens (primary N) is 1. The van der Waals surface area contributed by atoms with Crippen molar-refractivity contribution in [3.63, 3.8) is 0 Å². The van der Waals surface area contributed by atoms with Gasteiger partial charge in [-0.1, -0.05) is 173 Å². The van der Waals surface area contributed by atoms with Gasteiger partial charge in [0.05, 0.1) is 73.2 Å². The summed E-state index contributed by atoms with van der Waals surface area (Å²) in [6.45, 7) is 7.02. The number of carbonyl (C=O) groups excluding carboxylic acids is 1. The Hall–Kier alpha value is -4.85. The minimum absolute atomic E-state index is 0.0269. The molecule has 0 saturated carbocycles. The molecule has 0 amide bonds. The Bertz CT molecular complexity index is 2260. The van der Waals surface area contributed by atoms with E-state index in [0.717, 1.165) is 12.8 Å². The summed E-state index contributed by atoms with van der Waals surface area (Å²) in [5, 5.41) is 123. The fourth-order valence-electron chi connectivity index (χ4n) is 7.89. The third-order valence-electron chi connectivity index (χ3n) is 12.8. The van der Waals surface area contributed by atoms with Crippen LogP contribution in [0.1, 0.15) is 118 Å². The Labute approximate surface area is 486 Å². The number of carboxylic acid groups (broad SMARTS) is 1. The summed E-state index contributed by atoms with van der Waals surface area (Å²) in [6.07, 6.45) is 31.6. The number of rotatable bonds is 46. The van der Waals surface area contributed by atoms with Gasteiger partial charge >= 0.3 is 16.4 Å². The first-order chi connectivity index (χ1) is 38.8. The molecule has 0 radical (unpaired) electrons. The molecule has 15 N–H and O–H groups in total. The number of hydrogen-bond acceptors (Lipinski definition) is 17. The summed E-state index contributed by atoms with van der Waals surface area (Å²) in [6, 6.07) is 0. The van der Waals surface area contributed by atoms with Crippen molar-refractivity contribution in [3.05, 3.63) is 157 Å². The molecule has 15 atom stereocenters. The number of hydrogen-bond donors (Lipinski definition) is 14. The van der Waals surface area contributed by atoms with Crippen molar-refractivity contribution in [1.82, 2.24) is 0 Å². The van der Waals surface area contributed by atoms with Gasteiger partial charge in [0.15, 0.2) is 0 Å². The molecule has 0 spiro atoms. The van der Waals surface area contributed by atoms with Crippen molar-refractivity contribution >= 4 is 22.2 Å². The van der Waals surface area contributed by atoms with Crippen molar-refractivity contribution < 1.29 is 88.0 Å². The number of aliphatic hydroxyl groups is 11. The average molecular weight is 1180 g/mol. The molecule has 15 unspecified atom stereocenters. The molecule has 0 aliphatic carbocycles. The second kappa shape index (κ2) is 46.5. The maximum Gasteiger partial charge on any atom is 0.397 e. The number of aliphatic hydroxyl groups excluding tert-OH is 11. The fraction of sp³-hybridized carbons (Fsp3) is 0.548. The largest absolute Gasteiger partial charge is 0.478 e. The molecule has 0 rings (SSSR count). The van der Waals surface area contributed by atoms with Crippen LogP contribution in [0.3, 0.4) is 0 Å². The molecular formula is C62H97NO18S. The molecule has 0 aliphatic heterocycles. The van der Waals surface area contributed by atoms with Gasteiger partial charge in [-0.25, -0.2) is 8.98 Å². The predicted molar refractivity (Wildman–Crippen MR) is 320 cm³/mol. The number of carbonyl (C=O) groups is 2. The van der Waals surface area contributed by atoms with E-state index in [1.807, 2.05) is 31.2 Å². The van der Waals surface area contributed by atoms with Crippen molar-refractivity contribution in [2.45, 2.75) is 191 Å². The molecule has 82 heavy (non-hydrogen) atoms. The highest BCUT2D eigenvalue weighted by atomic mass is 32.3. The van der Waals surface area contributed by atoms with Crippen molar-refractivity contribution in [3.8, 4) is 0 Å². The lowest BCUT2D eigenvalue weighted by Crippen LogP contribution is -2.32. The van der Waals surface area contributed by atoms with E-state index in [2.05, 4.69) is 0 Å². The number of ketones is 1. The van der Waals surface area contributed by atoms with Crippen LogP contribution in [0.25, 0.3) is 0 Å². The zero-order valence-corrected chi connectivity index (χ0v) is 48.9. The summed E-state index contributed by atoms with van der Waals surface area (Å²) >= 11 is 0. The number of aliphatic carboxylic acids is 1. The van der Waals surface area contributed by atoms with Crippen LogP contribution in [0.2, 0.25) is 0 Å². The van der Waals surface area contributed by atoms with Gasteiger partial charge in [-0.15, -0.1) is 0 Å². The van der Waals surface area contributed by atoms with Gasteiger partial charge in [0, 0.05) is 49.0 Å². The molecule has 0 aliphatic rings. The van der Waals surface area contributed by atoms with Crippen molar-refractivity contribution in [1.29, 1.82) is 0 Å². The average Bonchev–Trinajstić information content (AvgIpc) is 3.40. The maximum atomic E-state index is 13.0. The van der Waals surface area contributed by atoms with E-state index < -0.39 is 114 Å². The minimum Gasteiger partial charge on any atom is -0.478 e. The molecule has 0 aromatic carbocycles. The molecular weight excluding hydrogens is 1080 g/mol. The van der Waals surface area contributed by atoms with E-state index in [-0.39, 0.29) is 69.3 Å². The standard InChI is InChI=1S/C62H97NO18S/c1-45(27-19-15-11-10-12-16-20-28-46(2)62(76)77)61(75)48(4)58(73)36-21-17-13-8-6-5-7-9-14-18-22-37-60(81-82(78,79)80)47(3)59(74)44-57(72)43-54(69)34-25-30-50(65)39-49(64)29-23-32-52(67)41-56(71)42-53(68)33-24-31-51(66)40-55(70)35-26-38-63/h5-10,12-14,16-25,27-29,33-34,36,45,47-58,60-61,64-73,75H,11,15,26,30-32,35,37-44,63H2,1-4H3,(H,76,77)(H,78,79,80)/b7-5+,8-6+,12-10+,14-9+,17-13+,20-16+,22-18+,27-19+,29-23+,33-24+,34-25+,36-21+,46-28+. The molecule has 0 aromatic rings. The Kier molecular flexibility index (Phi) is 43.8. The van der Waals surface area contributed by atoms with Gasteiger partial charge in [0.1, 0.15) is 5.78 Å². The highest BCUT2D eigenvalue weighted by molar-refractivity contribution is 7.80. The van der Waals surface area contributed by atoms with Gasteiger partial charge in [-0.2, -0.15) is 8.42 Å². The first kappa shape index (κ1) is 77.2. The first-order valence-corrected chi connectivity index (χ1v) is 29.4. The third-order valence-corrected chi connectivity index (χ3v) is 13.3. The van der Waals surface area contributed by atoms with Crippen LogP contribution in [0.4, 0.5) is 0 Å². The minimum atomic E-state index is -4.95. The topological polar surface area (TPSA) is 367 Å². The first-order valence-electron chi connectivity index (χ1n) is 28.0. The number of Topliss-reactive ketones (excluding diaryl/α,β-unsaturated/α-hetero) is 1.